The standard InChI is InChI=1S/C25H25N3O5/c1-3-30-9-10-31-11-12-32-23-14-21-19(13-22(23)29-2)24(18(15-26)16-27-21)28-20-6-4-5-17-7-8-33-25(17)20/h4-8,13-14,16H,3,9-12H2,1-2H3,(H,27,28). The van der Waals surface area contributed by atoms with Crippen molar-refractivity contribution in [1.29, 1.82) is 5.26 Å². The predicted molar refractivity (Wildman–Crippen MR) is 125 cm³/mol. The Morgan fingerprint density at radius 3 is 2.73 bits per heavy atom. The van der Waals surface area contributed by atoms with Crippen LogP contribution in [-0.2, 0) is 9.47 Å². The third-order valence-corrected chi connectivity index (χ3v) is 5.07. The fourth-order valence-electron chi connectivity index (χ4n) is 3.49. The van der Waals surface area contributed by atoms with Crippen LogP contribution >= 0.6 is 0 Å². The molecule has 33 heavy (non-hydrogen) atoms. The fraction of sp³-hybridized carbons (Fsp3) is 0.280. The van der Waals surface area contributed by atoms with Crippen molar-refractivity contribution in [2.45, 2.75) is 6.92 Å². The van der Waals surface area contributed by atoms with Crippen molar-refractivity contribution in [3.8, 4) is 17.6 Å². The summed E-state index contributed by atoms with van der Waals surface area (Å²) in [5.74, 6) is 1.09. The van der Waals surface area contributed by atoms with Gasteiger partial charge in [-0.15, -0.1) is 0 Å². The number of pyridine rings is 1. The van der Waals surface area contributed by atoms with Gasteiger partial charge in [0.2, 0.25) is 0 Å². The van der Waals surface area contributed by atoms with E-state index in [1.54, 1.807) is 25.6 Å². The predicted octanol–water partition coefficient (Wildman–Crippen LogP) is 5.04. The number of nitrogens with one attached hydrogen (secondary N) is 1. The van der Waals surface area contributed by atoms with E-state index in [2.05, 4.69) is 16.4 Å². The lowest BCUT2D eigenvalue weighted by Crippen LogP contribution is -2.11. The maximum Gasteiger partial charge on any atom is 0.163 e. The summed E-state index contributed by atoms with van der Waals surface area (Å²) in [6.07, 6.45) is 3.18. The molecule has 0 spiro atoms. The number of anilines is 2. The number of fused-ring (bicyclic) bond motifs is 2. The Labute approximate surface area is 191 Å². The minimum atomic E-state index is 0.357. The number of furan rings is 1. The monoisotopic (exact) mass is 447 g/mol. The lowest BCUT2D eigenvalue weighted by molar-refractivity contribution is 0.0402. The van der Waals surface area contributed by atoms with E-state index < -0.39 is 0 Å². The zero-order valence-corrected chi connectivity index (χ0v) is 18.6. The summed E-state index contributed by atoms with van der Waals surface area (Å²) < 4.78 is 27.8. The highest BCUT2D eigenvalue weighted by molar-refractivity contribution is 6.00. The van der Waals surface area contributed by atoms with Gasteiger partial charge in [0.25, 0.3) is 0 Å². The molecule has 0 aliphatic rings. The van der Waals surface area contributed by atoms with E-state index in [0.717, 1.165) is 16.5 Å². The summed E-state index contributed by atoms with van der Waals surface area (Å²) >= 11 is 0. The average molecular weight is 447 g/mol. The minimum absolute atomic E-state index is 0.357. The second-order valence-electron chi connectivity index (χ2n) is 7.11. The molecule has 0 saturated carbocycles. The summed E-state index contributed by atoms with van der Waals surface area (Å²) in [6, 6.07) is 13.5. The van der Waals surface area contributed by atoms with E-state index in [9.17, 15) is 5.26 Å². The minimum Gasteiger partial charge on any atom is -0.493 e. The molecule has 0 bridgehead atoms. The molecule has 1 N–H and O–H groups in total. The molecule has 0 unspecified atom stereocenters. The van der Waals surface area contributed by atoms with Crippen molar-refractivity contribution in [2.24, 2.45) is 0 Å². The first kappa shape index (κ1) is 22.4. The molecule has 4 aromatic rings. The van der Waals surface area contributed by atoms with Crippen LogP contribution in [0.1, 0.15) is 12.5 Å². The van der Waals surface area contributed by atoms with Gasteiger partial charge < -0.3 is 28.7 Å². The Hall–Kier alpha value is -3.80. The molecule has 2 aromatic carbocycles. The Morgan fingerprint density at radius 2 is 1.91 bits per heavy atom. The second kappa shape index (κ2) is 10.7. The van der Waals surface area contributed by atoms with Crippen LogP contribution < -0.4 is 14.8 Å². The molecule has 0 radical (unpaired) electrons. The van der Waals surface area contributed by atoms with Crippen LogP contribution in [0, 0.1) is 11.3 Å². The summed E-state index contributed by atoms with van der Waals surface area (Å²) in [4.78, 5) is 4.45. The first-order chi connectivity index (χ1) is 16.2. The number of benzene rings is 2. The molecule has 0 aliphatic heterocycles. The van der Waals surface area contributed by atoms with E-state index in [1.165, 1.54) is 0 Å². The lowest BCUT2D eigenvalue weighted by Gasteiger charge is -2.15. The van der Waals surface area contributed by atoms with Gasteiger partial charge in [0.05, 0.1) is 55.6 Å². The number of aromatic nitrogens is 1. The first-order valence-electron chi connectivity index (χ1n) is 10.7. The first-order valence-corrected chi connectivity index (χ1v) is 10.7. The third-order valence-electron chi connectivity index (χ3n) is 5.07. The Bertz CT molecular complexity index is 1280. The van der Waals surface area contributed by atoms with E-state index in [4.69, 9.17) is 23.4 Å². The highest BCUT2D eigenvalue weighted by Gasteiger charge is 2.16. The molecular formula is C25H25N3O5. The van der Waals surface area contributed by atoms with Crippen LogP contribution in [0.2, 0.25) is 0 Å². The number of hydrogen-bond acceptors (Lipinski definition) is 8. The quantitative estimate of drug-likeness (QED) is 0.319. The number of para-hydroxylation sites is 1. The average Bonchev–Trinajstić information content (AvgIpc) is 3.33. The molecule has 0 fully saturated rings. The van der Waals surface area contributed by atoms with Gasteiger partial charge >= 0.3 is 0 Å². The molecule has 2 heterocycles. The molecule has 170 valence electrons. The number of nitriles is 1. The van der Waals surface area contributed by atoms with Crippen LogP contribution in [0.15, 0.2) is 53.3 Å². The maximum atomic E-state index is 9.70. The number of ether oxygens (including phenoxy) is 4. The maximum absolute atomic E-state index is 9.70. The third kappa shape index (κ3) is 5.00. The largest absolute Gasteiger partial charge is 0.493 e. The Kier molecular flexibility index (Phi) is 7.25. The Balaban J connectivity index is 1.61. The molecular weight excluding hydrogens is 422 g/mol. The number of nitrogens with zero attached hydrogens (tertiary/aromatic N) is 2. The molecule has 4 rings (SSSR count). The molecule has 2 aromatic heterocycles. The molecule has 8 nitrogen and oxygen atoms in total. The van der Waals surface area contributed by atoms with Gasteiger partial charge in [-0.1, -0.05) is 12.1 Å². The van der Waals surface area contributed by atoms with Crippen LogP contribution in [0.3, 0.4) is 0 Å². The van der Waals surface area contributed by atoms with Gasteiger partial charge in [-0.3, -0.25) is 4.98 Å². The van der Waals surface area contributed by atoms with Gasteiger partial charge in [-0.25, -0.2) is 0 Å². The van der Waals surface area contributed by atoms with Gasteiger partial charge in [-0.05, 0) is 25.1 Å². The fourth-order valence-corrected chi connectivity index (χ4v) is 3.49. The van der Waals surface area contributed by atoms with Crippen LogP contribution in [0.25, 0.3) is 21.9 Å². The SMILES string of the molecule is CCOCCOCCOc1cc2ncc(C#N)c(Nc3cccc4ccoc34)c2cc1OC. The summed E-state index contributed by atoms with van der Waals surface area (Å²) in [5, 5.41) is 14.8. The zero-order chi connectivity index (χ0) is 23.0. The summed E-state index contributed by atoms with van der Waals surface area (Å²) in [6.45, 7) is 4.47. The van der Waals surface area contributed by atoms with Gasteiger partial charge in [0, 0.05) is 29.6 Å². The van der Waals surface area contributed by atoms with Gasteiger partial charge in [0.1, 0.15) is 12.7 Å². The number of methoxy groups -OCH3 is 1. The summed E-state index contributed by atoms with van der Waals surface area (Å²) in [7, 11) is 1.57. The number of hydrogen-bond donors (Lipinski definition) is 1. The van der Waals surface area contributed by atoms with Crippen molar-refractivity contribution in [3.05, 3.63) is 54.4 Å². The lowest BCUT2D eigenvalue weighted by atomic mass is 10.1. The molecule has 8 heteroatoms. The van der Waals surface area contributed by atoms with E-state index in [0.29, 0.717) is 66.9 Å². The molecule has 0 amide bonds. The normalized spacial score (nSPS) is 10.9. The van der Waals surface area contributed by atoms with Crippen LogP contribution in [-0.4, -0.2) is 45.1 Å². The van der Waals surface area contributed by atoms with Crippen molar-refractivity contribution < 1.29 is 23.4 Å². The van der Waals surface area contributed by atoms with Crippen molar-refractivity contribution in [2.75, 3.05) is 45.5 Å². The zero-order valence-electron chi connectivity index (χ0n) is 18.6. The molecule has 0 aliphatic carbocycles. The van der Waals surface area contributed by atoms with Crippen molar-refractivity contribution in [1.82, 2.24) is 4.98 Å². The van der Waals surface area contributed by atoms with Gasteiger partial charge in [-0.2, -0.15) is 5.26 Å². The molecule has 0 saturated heterocycles. The highest BCUT2D eigenvalue weighted by Crippen LogP contribution is 2.38. The highest BCUT2D eigenvalue weighted by atomic mass is 16.5. The number of rotatable bonds is 11. The van der Waals surface area contributed by atoms with E-state index in [1.807, 2.05) is 37.3 Å². The smallest absolute Gasteiger partial charge is 0.163 e. The second-order valence-corrected chi connectivity index (χ2v) is 7.11. The van der Waals surface area contributed by atoms with Gasteiger partial charge in [0.15, 0.2) is 17.1 Å². The van der Waals surface area contributed by atoms with Crippen molar-refractivity contribution >= 4 is 33.2 Å². The topological polar surface area (TPSA) is 98.8 Å². The Morgan fingerprint density at radius 1 is 1.06 bits per heavy atom. The van der Waals surface area contributed by atoms with Crippen LogP contribution in [0.4, 0.5) is 11.4 Å². The van der Waals surface area contributed by atoms with Crippen molar-refractivity contribution in [3.63, 3.8) is 0 Å². The summed E-state index contributed by atoms with van der Waals surface area (Å²) in [5.41, 5.74) is 3.16. The molecule has 0 atom stereocenters. The van der Waals surface area contributed by atoms with E-state index in [-0.39, 0.29) is 0 Å². The van der Waals surface area contributed by atoms with Crippen LogP contribution in [0.5, 0.6) is 11.5 Å². The van der Waals surface area contributed by atoms with E-state index >= 15 is 0 Å².